The molecule has 3 heterocycles. The highest BCUT2D eigenvalue weighted by Gasteiger charge is 2.42. The smallest absolute Gasteiger partial charge is 0.407 e. The van der Waals surface area contributed by atoms with Gasteiger partial charge in [-0.05, 0) is 139 Å². The molecule has 614 valence electrons. The van der Waals surface area contributed by atoms with Gasteiger partial charge in [-0.25, -0.2) is 4.79 Å². The van der Waals surface area contributed by atoms with Crippen LogP contribution in [0.2, 0.25) is 0 Å². The molecule has 37 heteroatoms. The minimum absolute atomic E-state index is 0.00836. The molecule has 0 saturated carbocycles. The maximum absolute atomic E-state index is 14.9. The fraction of sp³-hybridized carbons (Fsp3) is 0.455. The Kier molecular flexibility index (Phi) is 33.5. The number of alkyl carbamates (subject to hydrolysis) is 1. The van der Waals surface area contributed by atoms with Crippen LogP contribution in [0.5, 0.6) is 0 Å². The third kappa shape index (κ3) is 26.8. The van der Waals surface area contributed by atoms with Crippen molar-refractivity contribution >= 4 is 106 Å². The lowest BCUT2D eigenvalue weighted by molar-refractivity contribution is -0.146. The molecule has 3 aliphatic rings. The molecule has 0 radical (unpaired) electrons. The van der Waals surface area contributed by atoms with Gasteiger partial charge in [0.15, 0.2) is 11.9 Å². The van der Waals surface area contributed by atoms with E-state index >= 15 is 0 Å². The zero-order valence-corrected chi connectivity index (χ0v) is 64.2. The van der Waals surface area contributed by atoms with Crippen molar-refractivity contribution in [3.05, 3.63) is 131 Å². The summed E-state index contributed by atoms with van der Waals surface area (Å²) in [5.74, 6) is -15.0. The van der Waals surface area contributed by atoms with Gasteiger partial charge in [-0.15, -0.1) is 0 Å². The molecule has 0 spiro atoms. The molecule has 24 N–H and O–H groups in total. The molecule has 2 aliphatic heterocycles. The summed E-state index contributed by atoms with van der Waals surface area (Å²) in [5, 5.41) is 70.1. The Labute approximate surface area is 657 Å². The van der Waals surface area contributed by atoms with Crippen molar-refractivity contribution in [1.82, 2.24) is 79.0 Å². The fourth-order valence-corrected chi connectivity index (χ4v) is 13.1. The number of carboxylic acids is 1. The Hall–Kier alpha value is -12.7. The molecule has 11 atom stereocenters. The van der Waals surface area contributed by atoms with Crippen LogP contribution in [-0.4, -0.2) is 221 Å². The molecule has 13 amide bonds. The molecule has 3 aromatic carbocycles. The van der Waals surface area contributed by atoms with Crippen molar-refractivity contribution in [3.8, 4) is 11.1 Å². The highest BCUT2D eigenvalue weighted by atomic mass is 16.5. The van der Waals surface area contributed by atoms with Crippen LogP contribution >= 0.6 is 0 Å². The first-order valence-electron chi connectivity index (χ1n) is 37.5. The number of H-pyrrole nitrogens is 1. The third-order valence-electron chi connectivity index (χ3n) is 19.0. The van der Waals surface area contributed by atoms with Gasteiger partial charge in [0.05, 0.1) is 13.0 Å². The van der Waals surface area contributed by atoms with E-state index in [-0.39, 0.29) is 89.9 Å². The van der Waals surface area contributed by atoms with Crippen molar-refractivity contribution in [1.29, 1.82) is 10.8 Å². The monoisotopic (exact) mass is 1580 g/mol. The zero-order chi connectivity index (χ0) is 83.3. The highest BCUT2D eigenvalue weighted by molar-refractivity contribution is 6.01. The number of guanidine groups is 2. The number of carbonyl (C=O) groups excluding carboxylic acids is 13. The largest absolute Gasteiger partial charge is 0.481 e. The number of primary amides is 1. The number of amides is 13. The fourth-order valence-electron chi connectivity index (χ4n) is 13.1. The van der Waals surface area contributed by atoms with E-state index in [9.17, 15) is 77.3 Å². The molecule has 4 aromatic rings. The first-order valence-corrected chi connectivity index (χ1v) is 37.5. The normalized spacial score (nSPS) is 22.0. The number of hydrogen-bond donors (Lipinski definition) is 21. The summed E-state index contributed by atoms with van der Waals surface area (Å²) in [4.78, 5) is 203. The molecule has 0 bridgehead atoms. The quantitative estimate of drug-likeness (QED) is 0.0158. The van der Waals surface area contributed by atoms with E-state index in [1.165, 1.54) is 19.1 Å². The number of nitrogens with zero attached hydrogens (tertiary/aromatic N) is 1. The number of aliphatic carboxylic acids is 1. The number of aromatic amines is 1. The predicted octanol–water partition coefficient (Wildman–Crippen LogP) is -1.35. The molecule has 1 fully saturated rings. The number of benzene rings is 3. The van der Waals surface area contributed by atoms with Crippen molar-refractivity contribution in [3.63, 3.8) is 0 Å². The summed E-state index contributed by atoms with van der Waals surface area (Å²) >= 11 is 0. The van der Waals surface area contributed by atoms with Gasteiger partial charge in [0.25, 0.3) is 0 Å². The summed E-state index contributed by atoms with van der Waals surface area (Å²) in [6, 6.07) is 6.43. The number of fused-ring (bicyclic) bond motifs is 5. The maximum atomic E-state index is 14.9. The average Bonchev–Trinajstić information content (AvgIpc) is 1.61. The molecule has 1 aromatic heterocycles. The number of nitrogens with two attached hydrogens (primary N) is 3. The third-order valence-corrected chi connectivity index (χ3v) is 19.0. The van der Waals surface area contributed by atoms with E-state index in [1.54, 1.807) is 70.2 Å². The van der Waals surface area contributed by atoms with Crippen LogP contribution in [0.3, 0.4) is 0 Å². The zero-order valence-electron chi connectivity index (χ0n) is 64.2. The second-order valence-electron chi connectivity index (χ2n) is 28.4. The minimum atomic E-state index is -2.02. The number of para-hydroxylation sites is 1. The lowest BCUT2D eigenvalue weighted by atomic mass is 9.98. The number of carboxylic acid groups (broad SMARTS) is 1. The van der Waals surface area contributed by atoms with Crippen molar-refractivity contribution < 1.29 is 82.1 Å². The molecule has 7 rings (SSSR count). The van der Waals surface area contributed by atoms with E-state index in [0.29, 0.717) is 22.4 Å². The van der Waals surface area contributed by atoms with Gasteiger partial charge in [-0.3, -0.25) is 73.1 Å². The predicted molar refractivity (Wildman–Crippen MR) is 418 cm³/mol. The first-order chi connectivity index (χ1) is 54.3. The van der Waals surface area contributed by atoms with Crippen LogP contribution in [0.1, 0.15) is 128 Å². The van der Waals surface area contributed by atoms with Gasteiger partial charge >= 0.3 is 12.1 Å². The van der Waals surface area contributed by atoms with Crippen molar-refractivity contribution in [2.45, 2.75) is 184 Å². The second kappa shape index (κ2) is 43.2. The van der Waals surface area contributed by atoms with E-state index in [2.05, 4.69) is 74.1 Å². The second-order valence-corrected chi connectivity index (χ2v) is 28.4. The van der Waals surface area contributed by atoms with Gasteiger partial charge in [0.1, 0.15) is 79.6 Å². The maximum Gasteiger partial charge on any atom is 0.407 e. The average molecular weight is 1580 g/mol. The van der Waals surface area contributed by atoms with Crippen LogP contribution in [0, 0.1) is 10.8 Å². The Bertz CT molecular complexity index is 4220. The molecule has 1 saturated heterocycles. The number of hydrogen-bond acceptors (Lipinski definition) is 18. The Morgan fingerprint density at radius 2 is 1.18 bits per heavy atom. The van der Waals surface area contributed by atoms with Gasteiger partial charge in [-0.2, -0.15) is 0 Å². The van der Waals surface area contributed by atoms with Crippen molar-refractivity contribution in [2.24, 2.45) is 17.2 Å². The van der Waals surface area contributed by atoms with Gasteiger partial charge in [0.2, 0.25) is 70.9 Å². The van der Waals surface area contributed by atoms with Gasteiger partial charge in [-0.1, -0.05) is 102 Å². The number of rotatable bonds is 25. The Balaban J connectivity index is 1.22. The number of nitrogens with one attached hydrogen (secondary N) is 16. The van der Waals surface area contributed by atoms with Gasteiger partial charge in [0, 0.05) is 43.2 Å². The molecule has 1 aliphatic carbocycles. The van der Waals surface area contributed by atoms with E-state index in [4.69, 9.17) is 32.8 Å². The number of carbonyl (C=O) groups is 14. The number of aliphatic hydroxyl groups is 1. The number of aromatic nitrogens is 1. The van der Waals surface area contributed by atoms with Crippen molar-refractivity contribution in [2.75, 3.05) is 39.4 Å². The molecule has 1 unspecified atom stereocenters. The van der Waals surface area contributed by atoms with E-state index < -0.39 is 194 Å². The SMILES string of the molecule is CC(C)=CC[C@H](NC(=O)CNC(=O)OCC1c2ccccc2-c2ccccc21)C(=O)N[C@H]1CC=CC[C@@H](C(N)=O)NC(=O)[C@H](CCCNC(=N)N)NC(=O)[C@H](Cc2cc3ccccc3[nH]2)NC(=O)[C@H](C)NC(=O)[C@H](CC=C(C)C)NC(=O)[C@H](CCCNC(=N)N)NC(=O)C2CCCN2C(=O)[C@H](CC(=O)O)NC(=O)[C@H](CO)NC1=O. The number of allylic oxidation sites excluding steroid dienone is 2. The summed E-state index contributed by atoms with van der Waals surface area (Å²) in [6.45, 7) is 6.00. The number of ether oxygens (including phenoxy) is 1. The standard InChI is InChI=1S/C77H104N20O17/c1-41(2)28-30-56(88-62(99)38-85-77(113)114-40-50-48-20-9-7-18-46(48)47-19-8-10-21-49(47)50)70(108)90-53-24-13-12-23-52(64(78)102)89-67(105)54(25-14-32-83-75(79)80)91-71(109)58(36-45-35-44-17-6-11-22-51(44)87-45)94-65(103)43(5)86-66(104)57(31-29-42(3)4)92-68(106)55(26-15-33-84-76(81)82)93-73(111)61-27-16-34-97(61)74(112)59(37-63(100)101)95-72(110)60(39-98)96-69(53)107/h6-13,17-22,28-29,35,43,50,52-61,87,98H,14-16,23-27,30-34,36-40H2,1-5H3,(H2,78,102)(H,85,113)(H,86,104)(H,88,99)(H,89,105)(H,90,108)(H,91,109)(H,92,106)(H,93,111)(H,94,103)(H,95,110)(H,96,107)(H,100,101)(H4,79,80,83)(H4,81,82,84)/t43-,52-,53-,54-,55-,56-,57-,58-,59-,60-,61?/m0/s1. The van der Waals surface area contributed by atoms with Gasteiger partial charge < -0.3 is 111 Å². The van der Waals surface area contributed by atoms with Crippen LogP contribution in [0.15, 0.2) is 114 Å². The topological polar surface area (TPSA) is 590 Å². The summed E-state index contributed by atoms with van der Waals surface area (Å²) in [7, 11) is 0. The Morgan fingerprint density at radius 1 is 0.632 bits per heavy atom. The molecule has 114 heavy (non-hydrogen) atoms. The van der Waals surface area contributed by atoms with Crippen LogP contribution in [0.4, 0.5) is 4.79 Å². The lowest BCUT2D eigenvalue weighted by Gasteiger charge is -2.30. The van der Waals surface area contributed by atoms with E-state index in [1.807, 2.05) is 48.5 Å². The molecule has 37 nitrogen and oxygen atoms in total. The summed E-state index contributed by atoms with van der Waals surface area (Å²) in [6.07, 6.45) is 1.97. The first kappa shape index (κ1) is 88.5. The van der Waals surface area contributed by atoms with Crippen LogP contribution in [0.25, 0.3) is 22.0 Å². The van der Waals surface area contributed by atoms with Crippen LogP contribution in [-0.2, 0) is 73.5 Å². The molecular formula is C77H104N20O17. The summed E-state index contributed by atoms with van der Waals surface area (Å²) in [5.41, 5.74) is 23.3. The Morgan fingerprint density at radius 3 is 1.78 bits per heavy atom. The van der Waals surface area contributed by atoms with E-state index in [0.717, 1.165) is 32.5 Å². The van der Waals surface area contributed by atoms with Crippen LogP contribution < -0.4 is 86.3 Å². The lowest BCUT2D eigenvalue weighted by Crippen LogP contribution is -2.61. The molecular weight excluding hydrogens is 1480 g/mol. The summed E-state index contributed by atoms with van der Waals surface area (Å²) < 4.78 is 5.60. The minimum Gasteiger partial charge on any atom is -0.481 e. The highest BCUT2D eigenvalue weighted by Crippen LogP contribution is 2.44. The number of aliphatic hydroxyl groups excluding tert-OH is 1.